The third-order valence-corrected chi connectivity index (χ3v) is 3.45. The van der Waals surface area contributed by atoms with Crippen LogP contribution in [0.4, 0.5) is 11.4 Å². The van der Waals surface area contributed by atoms with Gasteiger partial charge in [0.2, 0.25) is 0 Å². The first-order valence-electron chi connectivity index (χ1n) is 5.64. The predicted molar refractivity (Wildman–Crippen MR) is 81.7 cm³/mol. The number of amides is 1. The van der Waals surface area contributed by atoms with Gasteiger partial charge in [-0.05, 0) is 35.6 Å². The fourth-order valence-corrected chi connectivity index (χ4v) is 2.44. The monoisotopic (exact) mass is 386 g/mol. The fourth-order valence-electron chi connectivity index (χ4n) is 1.69. The normalized spacial score (nSPS) is 10.3. The summed E-state index contributed by atoms with van der Waals surface area (Å²) in [6.07, 6.45) is 1.72. The lowest BCUT2D eigenvalue weighted by Crippen LogP contribution is -2.14. The summed E-state index contributed by atoms with van der Waals surface area (Å²) in [4.78, 5) is 22.4. The highest BCUT2D eigenvalue weighted by Crippen LogP contribution is 2.23. The lowest BCUT2D eigenvalue weighted by atomic mass is 10.2. The zero-order valence-electron chi connectivity index (χ0n) is 10.8. The minimum absolute atomic E-state index is 0.0292. The second-order valence-electron chi connectivity index (χ2n) is 4.21. The van der Waals surface area contributed by atoms with Crippen LogP contribution < -0.4 is 5.32 Å². The van der Waals surface area contributed by atoms with Crippen LogP contribution in [0.1, 0.15) is 16.1 Å². The molecule has 1 aromatic carbocycles. The first-order valence-corrected chi connectivity index (χ1v) is 6.72. The summed E-state index contributed by atoms with van der Waals surface area (Å²) in [6.45, 7) is 1.64. The van der Waals surface area contributed by atoms with Crippen molar-refractivity contribution in [2.75, 3.05) is 5.32 Å². The molecule has 20 heavy (non-hydrogen) atoms. The Hall–Kier alpha value is -1.97. The smallest absolute Gasteiger partial charge is 0.277 e. The van der Waals surface area contributed by atoms with Crippen molar-refractivity contribution in [2.24, 2.45) is 7.05 Å². The summed E-state index contributed by atoms with van der Waals surface area (Å²) in [7, 11) is 1.72. The quantitative estimate of drug-likeness (QED) is 0.499. The van der Waals surface area contributed by atoms with Gasteiger partial charge in [0.05, 0.1) is 8.49 Å². The number of aryl methyl sites for hydroxylation is 2. The summed E-state index contributed by atoms with van der Waals surface area (Å²) >= 11 is 2.01. The van der Waals surface area contributed by atoms with Crippen molar-refractivity contribution in [1.82, 2.24) is 9.78 Å². The number of rotatable bonds is 3. The van der Waals surface area contributed by atoms with Crippen LogP contribution in [0.5, 0.6) is 0 Å². The number of hydrogen-bond donors (Lipinski definition) is 1. The van der Waals surface area contributed by atoms with E-state index >= 15 is 0 Å². The summed E-state index contributed by atoms with van der Waals surface area (Å²) in [5, 5.41) is 17.5. The van der Waals surface area contributed by atoms with E-state index < -0.39 is 10.8 Å². The van der Waals surface area contributed by atoms with E-state index in [1.165, 1.54) is 10.7 Å². The van der Waals surface area contributed by atoms with Crippen molar-refractivity contribution in [3.8, 4) is 0 Å². The van der Waals surface area contributed by atoms with E-state index in [1.54, 1.807) is 32.3 Å². The van der Waals surface area contributed by atoms with Crippen LogP contribution in [0.25, 0.3) is 0 Å². The molecule has 0 atom stereocenters. The molecular weight excluding hydrogens is 375 g/mol. The first kappa shape index (κ1) is 14.4. The van der Waals surface area contributed by atoms with Crippen molar-refractivity contribution in [3.63, 3.8) is 0 Å². The van der Waals surface area contributed by atoms with Gasteiger partial charge in [-0.1, -0.05) is 6.07 Å². The van der Waals surface area contributed by atoms with Crippen LogP contribution in [-0.2, 0) is 7.05 Å². The molecule has 104 valence electrons. The highest BCUT2D eigenvalue weighted by atomic mass is 127. The molecule has 0 bridgehead atoms. The molecule has 7 nitrogen and oxygen atoms in total. The highest BCUT2D eigenvalue weighted by molar-refractivity contribution is 14.1. The predicted octanol–water partition coefficient (Wildman–Crippen LogP) is 2.49. The minimum atomic E-state index is -0.477. The van der Waals surface area contributed by atoms with Crippen LogP contribution in [-0.4, -0.2) is 20.6 Å². The van der Waals surface area contributed by atoms with E-state index in [0.717, 1.165) is 0 Å². The third kappa shape index (κ3) is 2.95. The van der Waals surface area contributed by atoms with E-state index in [9.17, 15) is 14.9 Å². The molecule has 0 aliphatic rings. The average molecular weight is 386 g/mol. The molecule has 1 amide bonds. The second-order valence-corrected chi connectivity index (χ2v) is 5.37. The number of nitro benzene ring substituents is 1. The van der Waals surface area contributed by atoms with Crippen molar-refractivity contribution >= 4 is 39.9 Å². The Kier molecular flexibility index (Phi) is 4.02. The number of hydrogen-bond acceptors (Lipinski definition) is 4. The Balaban J connectivity index is 2.26. The van der Waals surface area contributed by atoms with E-state index in [1.807, 2.05) is 22.6 Å². The number of anilines is 1. The van der Waals surface area contributed by atoms with E-state index in [-0.39, 0.29) is 11.4 Å². The number of aromatic nitrogens is 2. The molecule has 2 rings (SSSR count). The summed E-state index contributed by atoms with van der Waals surface area (Å²) in [5.41, 5.74) is 1.17. The van der Waals surface area contributed by atoms with Crippen molar-refractivity contribution in [1.29, 1.82) is 0 Å². The SMILES string of the molecule is Cc1ccc(NC(=O)c2nn(C)cc2I)cc1[N+](=O)[O-]. The summed E-state index contributed by atoms with van der Waals surface area (Å²) in [6, 6.07) is 4.55. The van der Waals surface area contributed by atoms with Crippen LogP contribution in [0.2, 0.25) is 0 Å². The van der Waals surface area contributed by atoms with Crippen LogP contribution >= 0.6 is 22.6 Å². The van der Waals surface area contributed by atoms with Gasteiger partial charge in [-0.2, -0.15) is 5.10 Å². The van der Waals surface area contributed by atoms with Crippen molar-refractivity contribution in [2.45, 2.75) is 6.92 Å². The largest absolute Gasteiger partial charge is 0.320 e. The molecule has 0 saturated heterocycles. The van der Waals surface area contributed by atoms with E-state index in [4.69, 9.17) is 0 Å². The third-order valence-electron chi connectivity index (χ3n) is 2.66. The minimum Gasteiger partial charge on any atom is -0.320 e. The number of halogens is 1. The molecule has 0 aliphatic heterocycles. The van der Waals surface area contributed by atoms with Gasteiger partial charge in [0.25, 0.3) is 11.6 Å². The molecule has 0 saturated carbocycles. The second kappa shape index (κ2) is 5.57. The maximum absolute atomic E-state index is 12.1. The lowest BCUT2D eigenvalue weighted by molar-refractivity contribution is -0.385. The molecule has 8 heteroatoms. The van der Waals surface area contributed by atoms with Gasteiger partial charge in [-0.15, -0.1) is 0 Å². The molecule has 0 fully saturated rings. The summed E-state index contributed by atoms with van der Waals surface area (Å²) < 4.78 is 2.25. The molecular formula is C12H11IN4O3. The molecule has 0 aliphatic carbocycles. The first-order chi connectivity index (χ1) is 9.38. The molecule has 1 heterocycles. The van der Waals surface area contributed by atoms with Crippen molar-refractivity contribution in [3.05, 3.63) is 49.3 Å². The van der Waals surface area contributed by atoms with Gasteiger partial charge >= 0.3 is 0 Å². The van der Waals surface area contributed by atoms with E-state index in [0.29, 0.717) is 14.8 Å². The Morgan fingerprint density at radius 2 is 2.20 bits per heavy atom. The summed E-state index contributed by atoms with van der Waals surface area (Å²) in [5.74, 6) is -0.395. The number of nitrogens with zero attached hydrogens (tertiary/aromatic N) is 3. The molecule has 0 unspecified atom stereocenters. The van der Waals surface area contributed by atoms with Crippen LogP contribution in [0.3, 0.4) is 0 Å². The van der Waals surface area contributed by atoms with Gasteiger partial charge in [-0.3, -0.25) is 19.6 Å². The zero-order valence-corrected chi connectivity index (χ0v) is 12.9. The van der Waals surface area contributed by atoms with Gasteiger partial charge in [-0.25, -0.2) is 0 Å². The topological polar surface area (TPSA) is 90.1 Å². The molecule has 0 radical (unpaired) electrons. The lowest BCUT2D eigenvalue weighted by Gasteiger charge is -2.05. The standard InChI is InChI=1S/C12H11IN4O3/c1-7-3-4-8(5-10(7)17(19)20)14-12(18)11-9(13)6-16(2)15-11/h3-6H,1-2H3,(H,14,18). The van der Waals surface area contributed by atoms with Gasteiger partial charge in [0.1, 0.15) is 0 Å². The highest BCUT2D eigenvalue weighted by Gasteiger charge is 2.16. The Bertz CT molecular complexity index is 696. The molecule has 0 spiro atoms. The molecule has 1 N–H and O–H groups in total. The Morgan fingerprint density at radius 3 is 2.75 bits per heavy atom. The van der Waals surface area contributed by atoms with Gasteiger partial charge in [0, 0.05) is 30.6 Å². The fraction of sp³-hybridized carbons (Fsp3) is 0.167. The number of carbonyl (C=O) groups excluding carboxylic acids is 1. The number of nitrogens with one attached hydrogen (secondary N) is 1. The van der Waals surface area contributed by atoms with E-state index in [2.05, 4.69) is 10.4 Å². The van der Waals surface area contributed by atoms with Crippen LogP contribution in [0, 0.1) is 20.6 Å². The van der Waals surface area contributed by atoms with Crippen molar-refractivity contribution < 1.29 is 9.72 Å². The zero-order chi connectivity index (χ0) is 14.9. The number of nitro groups is 1. The van der Waals surface area contributed by atoms with Crippen LogP contribution in [0.15, 0.2) is 24.4 Å². The maximum atomic E-state index is 12.1. The van der Waals surface area contributed by atoms with Gasteiger partial charge in [0.15, 0.2) is 5.69 Å². The maximum Gasteiger partial charge on any atom is 0.277 e. The molecule has 1 aromatic heterocycles. The van der Waals surface area contributed by atoms with Gasteiger partial charge < -0.3 is 5.32 Å². The average Bonchev–Trinajstić information content (AvgIpc) is 2.70. The number of carbonyl (C=O) groups is 1. The Labute approximate surface area is 128 Å². The molecule has 2 aromatic rings. The Morgan fingerprint density at radius 1 is 1.50 bits per heavy atom. The number of benzene rings is 1.